The summed E-state index contributed by atoms with van der Waals surface area (Å²) in [6.07, 6.45) is 1.32. The molecule has 1 fully saturated rings. The zero-order valence-corrected chi connectivity index (χ0v) is 11.9. The van der Waals surface area contributed by atoms with Gasteiger partial charge in [0.25, 0.3) is 0 Å². The van der Waals surface area contributed by atoms with E-state index in [-0.39, 0.29) is 0 Å². The Labute approximate surface area is 100.0 Å². The quantitative estimate of drug-likeness (QED) is 0.710. The SMILES string of the molecule is CC(C)CN(CCC(C)(C)C)C1CSC1. The zero-order valence-electron chi connectivity index (χ0n) is 11.0. The second-order valence-electron chi connectivity index (χ2n) is 6.39. The summed E-state index contributed by atoms with van der Waals surface area (Å²) >= 11 is 2.09. The van der Waals surface area contributed by atoms with Crippen LogP contribution < -0.4 is 0 Å². The Balaban J connectivity index is 2.35. The fourth-order valence-electron chi connectivity index (χ4n) is 1.81. The topological polar surface area (TPSA) is 3.24 Å². The van der Waals surface area contributed by atoms with Crippen LogP contribution in [-0.4, -0.2) is 35.5 Å². The summed E-state index contributed by atoms with van der Waals surface area (Å²) in [4.78, 5) is 2.71. The highest BCUT2D eigenvalue weighted by molar-refractivity contribution is 8.00. The van der Waals surface area contributed by atoms with Gasteiger partial charge in [0.2, 0.25) is 0 Å². The predicted octanol–water partition coefficient (Wildman–Crippen LogP) is 3.50. The molecule has 2 heteroatoms. The van der Waals surface area contributed by atoms with E-state index >= 15 is 0 Å². The molecule has 0 unspecified atom stereocenters. The van der Waals surface area contributed by atoms with Crippen LogP contribution in [0.25, 0.3) is 0 Å². The molecule has 0 amide bonds. The van der Waals surface area contributed by atoms with E-state index in [1.807, 2.05) is 0 Å². The maximum absolute atomic E-state index is 2.71. The van der Waals surface area contributed by atoms with Crippen molar-refractivity contribution in [1.29, 1.82) is 0 Å². The maximum atomic E-state index is 2.71. The van der Waals surface area contributed by atoms with Crippen LogP contribution in [0.15, 0.2) is 0 Å². The van der Waals surface area contributed by atoms with Crippen molar-refractivity contribution in [2.45, 2.75) is 47.1 Å². The summed E-state index contributed by atoms with van der Waals surface area (Å²) < 4.78 is 0. The zero-order chi connectivity index (χ0) is 11.5. The molecule has 0 aromatic carbocycles. The van der Waals surface area contributed by atoms with Gasteiger partial charge < -0.3 is 0 Å². The first-order chi connectivity index (χ1) is 6.88. The third kappa shape index (κ3) is 5.26. The summed E-state index contributed by atoms with van der Waals surface area (Å²) in [5.74, 6) is 3.52. The number of rotatable bonds is 5. The van der Waals surface area contributed by atoms with E-state index in [1.54, 1.807) is 0 Å². The van der Waals surface area contributed by atoms with Crippen LogP contribution >= 0.6 is 11.8 Å². The van der Waals surface area contributed by atoms with Gasteiger partial charge in [0.05, 0.1) is 0 Å². The molecule has 1 saturated heterocycles. The van der Waals surface area contributed by atoms with Crippen molar-refractivity contribution in [2.75, 3.05) is 24.6 Å². The molecule has 1 nitrogen and oxygen atoms in total. The molecule has 0 N–H and O–H groups in total. The van der Waals surface area contributed by atoms with E-state index < -0.39 is 0 Å². The molecule has 1 aliphatic heterocycles. The minimum Gasteiger partial charge on any atom is -0.298 e. The Morgan fingerprint density at radius 1 is 1.27 bits per heavy atom. The Morgan fingerprint density at radius 3 is 2.20 bits per heavy atom. The lowest BCUT2D eigenvalue weighted by atomic mass is 9.92. The first-order valence-electron chi connectivity index (χ1n) is 6.20. The van der Waals surface area contributed by atoms with Crippen LogP contribution in [-0.2, 0) is 0 Å². The largest absolute Gasteiger partial charge is 0.298 e. The normalized spacial score (nSPS) is 18.6. The van der Waals surface area contributed by atoms with E-state index in [0.29, 0.717) is 5.41 Å². The molecule has 0 aromatic rings. The van der Waals surface area contributed by atoms with Crippen molar-refractivity contribution < 1.29 is 0 Å². The standard InChI is InChI=1S/C13H27NS/c1-11(2)8-14(12-9-15-10-12)7-6-13(3,4)5/h11-12H,6-10H2,1-5H3. The van der Waals surface area contributed by atoms with Crippen LogP contribution in [0.3, 0.4) is 0 Å². The summed E-state index contributed by atoms with van der Waals surface area (Å²) in [5.41, 5.74) is 0.478. The molecular formula is C13H27NS. The molecule has 0 aliphatic carbocycles. The number of hydrogen-bond donors (Lipinski definition) is 0. The van der Waals surface area contributed by atoms with Gasteiger partial charge in [-0.1, -0.05) is 34.6 Å². The van der Waals surface area contributed by atoms with Gasteiger partial charge >= 0.3 is 0 Å². The van der Waals surface area contributed by atoms with Crippen molar-refractivity contribution in [2.24, 2.45) is 11.3 Å². The first kappa shape index (κ1) is 13.4. The third-order valence-electron chi connectivity index (χ3n) is 2.89. The molecule has 1 heterocycles. The van der Waals surface area contributed by atoms with Crippen molar-refractivity contribution in [1.82, 2.24) is 4.90 Å². The Kier molecular flexibility index (Phi) is 4.98. The second kappa shape index (κ2) is 5.58. The summed E-state index contributed by atoms with van der Waals surface area (Å²) in [7, 11) is 0. The van der Waals surface area contributed by atoms with E-state index in [0.717, 1.165) is 12.0 Å². The van der Waals surface area contributed by atoms with Crippen molar-refractivity contribution in [3.05, 3.63) is 0 Å². The van der Waals surface area contributed by atoms with E-state index in [1.165, 1.54) is 31.0 Å². The average Bonchev–Trinajstić information content (AvgIpc) is 1.94. The molecule has 0 atom stereocenters. The third-order valence-corrected chi connectivity index (χ3v) is 4.13. The van der Waals surface area contributed by atoms with Gasteiger partial charge in [-0.15, -0.1) is 0 Å². The molecule has 15 heavy (non-hydrogen) atoms. The van der Waals surface area contributed by atoms with Gasteiger partial charge in [-0.3, -0.25) is 4.90 Å². The van der Waals surface area contributed by atoms with Crippen LogP contribution in [0.4, 0.5) is 0 Å². The van der Waals surface area contributed by atoms with Crippen LogP contribution in [0.5, 0.6) is 0 Å². The van der Waals surface area contributed by atoms with E-state index in [2.05, 4.69) is 51.3 Å². The smallest absolute Gasteiger partial charge is 0.0277 e. The van der Waals surface area contributed by atoms with Gasteiger partial charge in [-0.25, -0.2) is 0 Å². The van der Waals surface area contributed by atoms with Crippen LogP contribution in [0, 0.1) is 11.3 Å². The second-order valence-corrected chi connectivity index (χ2v) is 7.47. The minimum absolute atomic E-state index is 0.478. The van der Waals surface area contributed by atoms with E-state index in [4.69, 9.17) is 0 Å². The van der Waals surface area contributed by atoms with Crippen LogP contribution in [0.1, 0.15) is 41.0 Å². The monoisotopic (exact) mass is 229 g/mol. The highest BCUT2D eigenvalue weighted by Gasteiger charge is 2.26. The lowest BCUT2D eigenvalue weighted by molar-refractivity contribution is 0.170. The van der Waals surface area contributed by atoms with Crippen molar-refractivity contribution in [3.8, 4) is 0 Å². The van der Waals surface area contributed by atoms with Gasteiger partial charge in [-0.05, 0) is 24.3 Å². The summed E-state index contributed by atoms with van der Waals surface area (Å²) in [5, 5.41) is 0. The fraction of sp³-hybridized carbons (Fsp3) is 1.00. The molecule has 0 radical (unpaired) electrons. The highest BCUT2D eigenvalue weighted by Crippen LogP contribution is 2.26. The molecule has 0 saturated carbocycles. The van der Waals surface area contributed by atoms with Gasteiger partial charge in [0.1, 0.15) is 0 Å². The summed E-state index contributed by atoms with van der Waals surface area (Å²) in [6.45, 7) is 14.3. The Hall–Kier alpha value is 0.310. The maximum Gasteiger partial charge on any atom is 0.0277 e. The lowest BCUT2D eigenvalue weighted by Crippen LogP contribution is -2.47. The molecule has 1 rings (SSSR count). The minimum atomic E-state index is 0.478. The lowest BCUT2D eigenvalue weighted by Gasteiger charge is -2.39. The van der Waals surface area contributed by atoms with Crippen molar-refractivity contribution >= 4 is 11.8 Å². The van der Waals surface area contributed by atoms with Crippen LogP contribution in [0.2, 0.25) is 0 Å². The number of hydrogen-bond acceptors (Lipinski definition) is 2. The molecule has 1 aliphatic rings. The number of thioether (sulfide) groups is 1. The summed E-state index contributed by atoms with van der Waals surface area (Å²) in [6, 6.07) is 0.875. The average molecular weight is 229 g/mol. The molecule has 90 valence electrons. The Bertz CT molecular complexity index is 179. The predicted molar refractivity (Wildman–Crippen MR) is 71.6 cm³/mol. The molecule has 0 aromatic heterocycles. The van der Waals surface area contributed by atoms with Gasteiger partial charge in [-0.2, -0.15) is 11.8 Å². The van der Waals surface area contributed by atoms with E-state index in [9.17, 15) is 0 Å². The highest BCUT2D eigenvalue weighted by atomic mass is 32.2. The van der Waals surface area contributed by atoms with Gasteiger partial charge in [0.15, 0.2) is 0 Å². The fourth-order valence-corrected chi connectivity index (χ4v) is 2.67. The molecule has 0 bridgehead atoms. The van der Waals surface area contributed by atoms with Crippen molar-refractivity contribution in [3.63, 3.8) is 0 Å². The van der Waals surface area contributed by atoms with Gasteiger partial charge in [0, 0.05) is 24.1 Å². The Morgan fingerprint density at radius 2 is 1.87 bits per heavy atom. The number of nitrogens with zero attached hydrogens (tertiary/aromatic N) is 1. The molecular weight excluding hydrogens is 202 g/mol. The first-order valence-corrected chi connectivity index (χ1v) is 7.36. The molecule has 0 spiro atoms.